The van der Waals surface area contributed by atoms with Gasteiger partial charge in [0.2, 0.25) is 15.9 Å². The van der Waals surface area contributed by atoms with Crippen molar-refractivity contribution in [3.63, 3.8) is 0 Å². The summed E-state index contributed by atoms with van der Waals surface area (Å²) in [4.78, 5) is 15.9. The summed E-state index contributed by atoms with van der Waals surface area (Å²) >= 11 is 1.23. The number of sulfonamides is 1. The number of carbonyl (C=O) groups is 1. The van der Waals surface area contributed by atoms with Crippen molar-refractivity contribution in [3.05, 3.63) is 18.2 Å². The van der Waals surface area contributed by atoms with Crippen LogP contribution in [0, 0.1) is 0 Å². The fourth-order valence-corrected chi connectivity index (χ4v) is 3.19. The summed E-state index contributed by atoms with van der Waals surface area (Å²) in [7, 11) is -3.73. The number of anilines is 1. The Hall–Kier alpha value is -1.51. The van der Waals surface area contributed by atoms with Crippen molar-refractivity contribution in [3.8, 4) is 0 Å². The Kier molecular flexibility index (Phi) is 4.36. The number of nitrogens with zero attached hydrogens (tertiary/aromatic N) is 1. The fourth-order valence-electron chi connectivity index (χ4n) is 1.65. The smallest absolute Gasteiger partial charge is 0.238 e. The number of rotatable bonds is 5. The summed E-state index contributed by atoms with van der Waals surface area (Å²) in [5.74, 6) is -0.0856. The molecule has 0 spiro atoms. The molecule has 0 saturated carbocycles. The van der Waals surface area contributed by atoms with Crippen molar-refractivity contribution in [1.82, 2.24) is 4.98 Å². The van der Waals surface area contributed by atoms with Gasteiger partial charge in [0.1, 0.15) is 0 Å². The van der Waals surface area contributed by atoms with Gasteiger partial charge in [-0.3, -0.25) is 4.79 Å². The lowest BCUT2D eigenvalue weighted by atomic mass is 10.2. The molecule has 108 valence electrons. The van der Waals surface area contributed by atoms with Crippen LogP contribution in [-0.4, -0.2) is 19.3 Å². The maximum absolute atomic E-state index is 11.6. The Morgan fingerprint density at radius 1 is 1.45 bits per heavy atom. The molecule has 0 unspecified atom stereocenters. The molecule has 3 N–H and O–H groups in total. The second-order valence-electron chi connectivity index (χ2n) is 4.35. The number of nitrogens with one attached hydrogen (secondary N) is 1. The number of hydrogen-bond acceptors (Lipinski definition) is 5. The number of thiazole rings is 1. The summed E-state index contributed by atoms with van der Waals surface area (Å²) in [6.45, 7) is 2.01. The van der Waals surface area contributed by atoms with Crippen molar-refractivity contribution in [1.29, 1.82) is 0 Å². The summed E-state index contributed by atoms with van der Waals surface area (Å²) in [6, 6.07) is 4.44. The van der Waals surface area contributed by atoms with Gasteiger partial charge in [-0.2, -0.15) is 0 Å². The van der Waals surface area contributed by atoms with Crippen LogP contribution in [0.25, 0.3) is 10.2 Å². The lowest BCUT2D eigenvalue weighted by molar-refractivity contribution is -0.116. The van der Waals surface area contributed by atoms with Gasteiger partial charge >= 0.3 is 0 Å². The molecule has 2 rings (SSSR count). The van der Waals surface area contributed by atoms with E-state index in [1.165, 1.54) is 23.5 Å². The molecule has 0 saturated heterocycles. The van der Waals surface area contributed by atoms with Crippen molar-refractivity contribution in [2.45, 2.75) is 31.1 Å². The van der Waals surface area contributed by atoms with Crippen molar-refractivity contribution in [2.24, 2.45) is 5.14 Å². The molecule has 1 aromatic carbocycles. The molecule has 0 bridgehead atoms. The zero-order valence-electron chi connectivity index (χ0n) is 10.9. The van der Waals surface area contributed by atoms with Gasteiger partial charge in [0, 0.05) is 6.42 Å². The summed E-state index contributed by atoms with van der Waals surface area (Å²) in [5, 5.41) is 8.25. The second kappa shape index (κ2) is 5.86. The first-order chi connectivity index (χ1) is 9.40. The number of aromatic nitrogens is 1. The number of fused-ring (bicyclic) bond motifs is 1. The SMILES string of the molecule is CCCCC(=O)Nc1nc2ccc(S(N)(=O)=O)cc2s1. The van der Waals surface area contributed by atoms with E-state index in [0.29, 0.717) is 21.8 Å². The standard InChI is InChI=1S/C12H15N3O3S2/c1-2-3-4-11(16)15-12-14-9-6-5-8(20(13,17)18)7-10(9)19-12/h5-7H,2-4H2,1H3,(H2,13,17,18)(H,14,15,16). The van der Waals surface area contributed by atoms with E-state index in [4.69, 9.17) is 5.14 Å². The molecule has 6 nitrogen and oxygen atoms in total. The number of unbranched alkanes of at least 4 members (excludes halogenated alkanes) is 1. The lowest BCUT2D eigenvalue weighted by Gasteiger charge is -1.98. The molecule has 8 heteroatoms. The molecule has 0 radical (unpaired) electrons. The van der Waals surface area contributed by atoms with Gasteiger partial charge in [0.25, 0.3) is 0 Å². The predicted molar refractivity (Wildman–Crippen MR) is 79.1 cm³/mol. The molecule has 0 atom stereocenters. The van der Waals surface area contributed by atoms with E-state index in [-0.39, 0.29) is 10.8 Å². The first-order valence-electron chi connectivity index (χ1n) is 6.13. The first kappa shape index (κ1) is 14.9. The van der Waals surface area contributed by atoms with Crippen LogP contribution < -0.4 is 10.5 Å². The van der Waals surface area contributed by atoms with Crippen molar-refractivity contribution in [2.75, 3.05) is 5.32 Å². The van der Waals surface area contributed by atoms with Crippen LogP contribution in [0.3, 0.4) is 0 Å². The van der Waals surface area contributed by atoms with E-state index in [1.807, 2.05) is 6.92 Å². The van der Waals surface area contributed by atoms with Gasteiger partial charge in [0.15, 0.2) is 5.13 Å². The maximum Gasteiger partial charge on any atom is 0.238 e. The first-order valence-corrected chi connectivity index (χ1v) is 8.49. The molecule has 0 aliphatic rings. The average molecular weight is 313 g/mol. The minimum absolute atomic E-state index is 0.0394. The van der Waals surface area contributed by atoms with E-state index >= 15 is 0 Å². The highest BCUT2D eigenvalue weighted by molar-refractivity contribution is 7.89. The fraction of sp³-hybridized carbons (Fsp3) is 0.333. The number of carbonyl (C=O) groups excluding carboxylic acids is 1. The monoisotopic (exact) mass is 313 g/mol. The highest BCUT2D eigenvalue weighted by Gasteiger charge is 2.12. The highest BCUT2D eigenvalue weighted by atomic mass is 32.2. The molecule has 0 aliphatic carbocycles. The van der Waals surface area contributed by atoms with E-state index in [0.717, 1.165) is 12.8 Å². The Morgan fingerprint density at radius 2 is 2.20 bits per heavy atom. The quantitative estimate of drug-likeness (QED) is 0.882. The Labute approximate surface area is 121 Å². The average Bonchev–Trinajstić information content (AvgIpc) is 2.76. The molecule has 1 aromatic heterocycles. The molecule has 1 heterocycles. The van der Waals surface area contributed by atoms with Gasteiger partial charge in [-0.05, 0) is 24.6 Å². The third kappa shape index (κ3) is 3.53. The third-order valence-electron chi connectivity index (χ3n) is 2.69. The van der Waals surface area contributed by atoms with Crippen LogP contribution >= 0.6 is 11.3 Å². The van der Waals surface area contributed by atoms with Crippen LogP contribution in [0.4, 0.5) is 5.13 Å². The van der Waals surface area contributed by atoms with E-state index in [1.54, 1.807) is 6.07 Å². The largest absolute Gasteiger partial charge is 0.302 e. The van der Waals surface area contributed by atoms with Crippen LogP contribution in [0.2, 0.25) is 0 Å². The molecule has 20 heavy (non-hydrogen) atoms. The van der Waals surface area contributed by atoms with Gasteiger partial charge < -0.3 is 5.32 Å². The molecular formula is C12H15N3O3S2. The lowest BCUT2D eigenvalue weighted by Crippen LogP contribution is -2.11. The number of amides is 1. The van der Waals surface area contributed by atoms with E-state index in [9.17, 15) is 13.2 Å². The Bertz CT molecular complexity index is 737. The summed E-state index contributed by atoms with van der Waals surface area (Å²) in [6.07, 6.45) is 2.23. The number of benzene rings is 1. The Balaban J connectivity index is 2.23. The molecule has 0 fully saturated rings. The highest BCUT2D eigenvalue weighted by Crippen LogP contribution is 2.27. The number of nitrogens with two attached hydrogens (primary N) is 1. The van der Waals surface area contributed by atoms with Crippen LogP contribution in [0.15, 0.2) is 23.1 Å². The molecule has 0 aliphatic heterocycles. The normalized spacial score (nSPS) is 11.7. The maximum atomic E-state index is 11.6. The van der Waals surface area contributed by atoms with Crippen LogP contribution in [0.1, 0.15) is 26.2 Å². The van der Waals surface area contributed by atoms with Gasteiger partial charge in [-0.25, -0.2) is 18.5 Å². The Morgan fingerprint density at radius 3 is 2.85 bits per heavy atom. The van der Waals surface area contributed by atoms with E-state index in [2.05, 4.69) is 10.3 Å². The van der Waals surface area contributed by atoms with E-state index < -0.39 is 10.0 Å². The molecule has 1 amide bonds. The summed E-state index contributed by atoms with van der Waals surface area (Å²) in [5.41, 5.74) is 0.633. The second-order valence-corrected chi connectivity index (χ2v) is 6.94. The zero-order chi connectivity index (χ0) is 14.8. The van der Waals surface area contributed by atoms with Crippen molar-refractivity contribution >= 4 is 42.6 Å². The van der Waals surface area contributed by atoms with Gasteiger partial charge in [0.05, 0.1) is 15.1 Å². The molecular weight excluding hydrogens is 298 g/mol. The van der Waals surface area contributed by atoms with Crippen molar-refractivity contribution < 1.29 is 13.2 Å². The topological polar surface area (TPSA) is 102 Å². The zero-order valence-corrected chi connectivity index (χ0v) is 12.6. The van der Waals surface area contributed by atoms with Crippen LogP contribution in [-0.2, 0) is 14.8 Å². The minimum atomic E-state index is -3.73. The number of hydrogen-bond donors (Lipinski definition) is 2. The number of primary sulfonamides is 1. The van der Waals surface area contributed by atoms with Crippen LogP contribution in [0.5, 0.6) is 0 Å². The van der Waals surface area contributed by atoms with Gasteiger partial charge in [-0.1, -0.05) is 24.7 Å². The predicted octanol–water partition coefficient (Wildman–Crippen LogP) is 2.07. The third-order valence-corrected chi connectivity index (χ3v) is 4.54. The minimum Gasteiger partial charge on any atom is -0.302 e. The molecule has 2 aromatic rings. The summed E-state index contributed by atoms with van der Waals surface area (Å²) < 4.78 is 23.2. The van der Waals surface area contributed by atoms with Gasteiger partial charge in [-0.15, -0.1) is 0 Å².